The molecule has 1 saturated heterocycles. The van der Waals surface area contributed by atoms with Crippen molar-refractivity contribution in [3.8, 4) is 22.4 Å². The fourth-order valence-corrected chi connectivity index (χ4v) is 7.77. The fourth-order valence-electron chi connectivity index (χ4n) is 6.19. The molecule has 3 aromatic heterocycles. The Labute approximate surface area is 266 Å². The molecular formula is C35H32N6O4S. The van der Waals surface area contributed by atoms with E-state index >= 15 is 0 Å². The van der Waals surface area contributed by atoms with Gasteiger partial charge in [0.2, 0.25) is 10.0 Å². The lowest BCUT2D eigenvalue weighted by atomic mass is 10.00. The van der Waals surface area contributed by atoms with Crippen LogP contribution in [0.1, 0.15) is 16.8 Å². The Morgan fingerprint density at radius 3 is 2.37 bits per heavy atom. The normalized spacial score (nSPS) is 14.7. The standard InChI is InChI=1S/C35H32N6O4S/c1-24-8-9-25(2)30(21-24)28-12-15-33-37-34(27-10-13-29(14-11-27)41(42)43)31(40(33)22-28)23-38-17-19-39(20-18-38)46(44,45)32-7-3-5-26-6-4-16-36-35(26)32/h3-16,21-22H,17-20,23H2,1-2H3. The van der Waals surface area contributed by atoms with Gasteiger partial charge >= 0.3 is 0 Å². The van der Waals surface area contributed by atoms with Crippen molar-refractivity contribution >= 4 is 32.3 Å². The van der Waals surface area contributed by atoms with Gasteiger partial charge in [0, 0.05) is 68.2 Å². The number of pyridine rings is 2. The number of aryl methyl sites for hydroxylation is 2. The van der Waals surface area contributed by atoms with Crippen molar-refractivity contribution in [3.63, 3.8) is 0 Å². The van der Waals surface area contributed by atoms with Crippen molar-refractivity contribution < 1.29 is 13.3 Å². The summed E-state index contributed by atoms with van der Waals surface area (Å²) in [7, 11) is -3.74. The second-order valence-electron chi connectivity index (χ2n) is 11.7. The van der Waals surface area contributed by atoms with Gasteiger partial charge in [0.25, 0.3) is 5.69 Å². The number of non-ortho nitro benzene ring substituents is 1. The van der Waals surface area contributed by atoms with E-state index in [1.165, 1.54) is 27.6 Å². The Balaban J connectivity index is 1.22. The van der Waals surface area contributed by atoms with Crippen LogP contribution in [0.25, 0.3) is 38.9 Å². The summed E-state index contributed by atoms with van der Waals surface area (Å²) in [5.74, 6) is 0. The van der Waals surface area contributed by atoms with Crippen LogP contribution in [0.3, 0.4) is 0 Å². The third kappa shape index (κ3) is 5.42. The molecule has 46 heavy (non-hydrogen) atoms. The molecule has 10 nitrogen and oxygen atoms in total. The quantitative estimate of drug-likeness (QED) is 0.151. The van der Waals surface area contributed by atoms with E-state index in [0.717, 1.165) is 39.1 Å². The molecule has 0 saturated carbocycles. The van der Waals surface area contributed by atoms with E-state index in [0.29, 0.717) is 38.2 Å². The summed E-state index contributed by atoms with van der Waals surface area (Å²) < 4.78 is 31.1. The highest BCUT2D eigenvalue weighted by Crippen LogP contribution is 2.32. The van der Waals surface area contributed by atoms with Crippen LogP contribution in [-0.4, -0.2) is 63.1 Å². The summed E-state index contributed by atoms with van der Waals surface area (Å²) in [6, 6.07) is 25.8. The summed E-state index contributed by atoms with van der Waals surface area (Å²) in [6.45, 7) is 6.42. The fraction of sp³-hybridized carbons (Fsp3) is 0.200. The number of benzene rings is 3. The molecule has 0 atom stereocenters. The molecule has 1 aliphatic heterocycles. The molecule has 0 amide bonds. The minimum atomic E-state index is -3.74. The van der Waals surface area contributed by atoms with Gasteiger partial charge in [-0.1, -0.05) is 42.0 Å². The zero-order valence-corrected chi connectivity index (χ0v) is 26.3. The molecule has 4 heterocycles. The van der Waals surface area contributed by atoms with E-state index in [1.807, 2.05) is 18.2 Å². The lowest BCUT2D eigenvalue weighted by molar-refractivity contribution is -0.384. The van der Waals surface area contributed by atoms with Crippen LogP contribution in [0.4, 0.5) is 5.69 Å². The molecule has 3 aromatic carbocycles. The van der Waals surface area contributed by atoms with Gasteiger partial charge in [0.1, 0.15) is 10.5 Å². The maximum Gasteiger partial charge on any atom is 0.269 e. The largest absolute Gasteiger partial charge is 0.301 e. The smallest absolute Gasteiger partial charge is 0.269 e. The molecule has 0 N–H and O–H groups in total. The first-order valence-electron chi connectivity index (χ1n) is 15.1. The average molecular weight is 633 g/mol. The van der Waals surface area contributed by atoms with E-state index in [9.17, 15) is 18.5 Å². The van der Waals surface area contributed by atoms with Gasteiger partial charge < -0.3 is 4.40 Å². The van der Waals surface area contributed by atoms with Crippen LogP contribution < -0.4 is 0 Å². The van der Waals surface area contributed by atoms with Crippen LogP contribution in [0.5, 0.6) is 0 Å². The summed E-state index contributed by atoms with van der Waals surface area (Å²) in [4.78, 5) is 22.7. The average Bonchev–Trinajstić information content (AvgIpc) is 3.43. The third-order valence-electron chi connectivity index (χ3n) is 8.69. The maximum atomic E-state index is 13.7. The van der Waals surface area contributed by atoms with Gasteiger partial charge in [-0.05, 0) is 66.9 Å². The van der Waals surface area contributed by atoms with Gasteiger partial charge in [0.05, 0.1) is 21.8 Å². The molecule has 0 aliphatic carbocycles. The zero-order chi connectivity index (χ0) is 32.0. The molecule has 11 heteroatoms. The Bertz CT molecular complexity index is 2220. The SMILES string of the molecule is Cc1ccc(C)c(-c2ccc3nc(-c4ccc([N+](=O)[O-])cc4)c(CN4CCN(S(=O)(=O)c5cccc6cccnc56)CC4)n3c2)c1. The molecule has 232 valence electrons. The monoisotopic (exact) mass is 632 g/mol. The predicted octanol–water partition coefficient (Wildman–Crippen LogP) is 6.25. The van der Waals surface area contributed by atoms with Crippen LogP contribution in [-0.2, 0) is 16.6 Å². The number of nitrogens with zero attached hydrogens (tertiary/aromatic N) is 6. The first-order chi connectivity index (χ1) is 22.2. The summed E-state index contributed by atoms with van der Waals surface area (Å²) in [5, 5.41) is 12.1. The van der Waals surface area contributed by atoms with E-state index < -0.39 is 14.9 Å². The van der Waals surface area contributed by atoms with Gasteiger partial charge in [-0.15, -0.1) is 0 Å². The van der Waals surface area contributed by atoms with Crippen molar-refractivity contribution in [2.75, 3.05) is 26.2 Å². The second kappa shape index (κ2) is 11.8. The van der Waals surface area contributed by atoms with Crippen molar-refractivity contribution in [3.05, 3.63) is 124 Å². The second-order valence-corrected chi connectivity index (χ2v) is 13.6. The Hall–Kier alpha value is -4.97. The molecule has 0 radical (unpaired) electrons. The highest BCUT2D eigenvalue weighted by atomic mass is 32.2. The number of nitro benzene ring substituents is 1. The van der Waals surface area contributed by atoms with Crippen LogP contribution in [0.15, 0.2) is 102 Å². The first-order valence-corrected chi connectivity index (χ1v) is 16.5. The number of rotatable bonds is 7. The van der Waals surface area contributed by atoms with Crippen molar-refractivity contribution in [2.45, 2.75) is 25.3 Å². The number of hydrogen-bond acceptors (Lipinski definition) is 7. The minimum Gasteiger partial charge on any atom is -0.301 e. The molecular weight excluding hydrogens is 600 g/mol. The Kier molecular flexibility index (Phi) is 7.59. The number of imidazole rings is 1. The Morgan fingerprint density at radius 1 is 0.870 bits per heavy atom. The van der Waals surface area contributed by atoms with Crippen molar-refractivity contribution in [1.29, 1.82) is 0 Å². The predicted molar refractivity (Wildman–Crippen MR) is 178 cm³/mol. The topological polar surface area (TPSA) is 114 Å². The highest BCUT2D eigenvalue weighted by molar-refractivity contribution is 7.89. The van der Waals surface area contributed by atoms with Crippen molar-refractivity contribution in [2.24, 2.45) is 0 Å². The number of aromatic nitrogens is 3. The zero-order valence-electron chi connectivity index (χ0n) is 25.5. The molecule has 1 fully saturated rings. The lowest BCUT2D eigenvalue weighted by Crippen LogP contribution is -2.48. The van der Waals surface area contributed by atoms with Crippen LogP contribution in [0.2, 0.25) is 0 Å². The first kappa shape index (κ1) is 29.7. The van der Waals surface area contributed by atoms with E-state index in [4.69, 9.17) is 4.98 Å². The molecule has 0 spiro atoms. The van der Waals surface area contributed by atoms with Gasteiger partial charge in [-0.2, -0.15) is 4.31 Å². The van der Waals surface area contributed by atoms with Crippen LogP contribution in [0, 0.1) is 24.0 Å². The number of sulfonamides is 1. The summed E-state index contributed by atoms with van der Waals surface area (Å²) >= 11 is 0. The summed E-state index contributed by atoms with van der Waals surface area (Å²) in [6.07, 6.45) is 3.71. The molecule has 0 unspecified atom stereocenters. The maximum absolute atomic E-state index is 13.7. The van der Waals surface area contributed by atoms with Crippen LogP contribution >= 0.6 is 0 Å². The molecule has 0 bridgehead atoms. The number of hydrogen-bond donors (Lipinski definition) is 0. The Morgan fingerprint density at radius 2 is 1.61 bits per heavy atom. The van der Waals surface area contributed by atoms with Gasteiger partial charge in [-0.3, -0.25) is 20.0 Å². The third-order valence-corrected chi connectivity index (χ3v) is 10.6. The summed E-state index contributed by atoms with van der Waals surface area (Å²) in [5.41, 5.74) is 8.25. The van der Waals surface area contributed by atoms with E-state index in [1.54, 1.807) is 36.5 Å². The van der Waals surface area contributed by atoms with E-state index in [-0.39, 0.29) is 10.6 Å². The lowest BCUT2D eigenvalue weighted by Gasteiger charge is -2.34. The van der Waals surface area contributed by atoms with E-state index in [2.05, 4.69) is 58.6 Å². The highest BCUT2D eigenvalue weighted by Gasteiger charge is 2.31. The van der Waals surface area contributed by atoms with Gasteiger partial charge in [-0.25, -0.2) is 13.4 Å². The molecule has 6 aromatic rings. The number of fused-ring (bicyclic) bond motifs is 2. The minimum absolute atomic E-state index is 0.0185. The number of piperazine rings is 1. The molecule has 7 rings (SSSR count). The number of para-hydroxylation sites is 1. The number of nitro groups is 1. The molecule has 1 aliphatic rings. The van der Waals surface area contributed by atoms with Crippen molar-refractivity contribution in [1.82, 2.24) is 23.6 Å². The van der Waals surface area contributed by atoms with Gasteiger partial charge in [0.15, 0.2) is 0 Å².